The van der Waals surface area contributed by atoms with Crippen molar-refractivity contribution in [2.24, 2.45) is 0 Å². The fourth-order valence-electron chi connectivity index (χ4n) is 1.27. The summed E-state index contributed by atoms with van der Waals surface area (Å²) in [5.41, 5.74) is 0.908. The average molecular weight is 287 g/mol. The molecule has 1 aromatic heterocycles. The molecule has 0 bridgehead atoms. The van der Waals surface area contributed by atoms with Crippen LogP contribution in [-0.2, 0) is 6.42 Å². The van der Waals surface area contributed by atoms with Crippen LogP contribution in [0.3, 0.4) is 0 Å². The third-order valence-electron chi connectivity index (χ3n) is 1.99. The van der Waals surface area contributed by atoms with Crippen molar-refractivity contribution in [2.45, 2.75) is 13.3 Å². The summed E-state index contributed by atoms with van der Waals surface area (Å²) < 4.78 is 0.924. The summed E-state index contributed by atoms with van der Waals surface area (Å²) >= 11 is 9.33. The number of hydrogen-bond acceptors (Lipinski definition) is 2. The molecular formula is C10H9BrClN3. The maximum atomic E-state index is 5.94. The molecule has 1 N–H and O–H groups in total. The predicted molar refractivity (Wildman–Crippen MR) is 63.9 cm³/mol. The van der Waals surface area contributed by atoms with Gasteiger partial charge in [-0.1, -0.05) is 34.5 Å². The van der Waals surface area contributed by atoms with E-state index in [0.717, 1.165) is 22.3 Å². The van der Waals surface area contributed by atoms with Crippen LogP contribution in [0.25, 0.3) is 11.4 Å². The summed E-state index contributed by atoms with van der Waals surface area (Å²) in [4.78, 5) is 4.34. The van der Waals surface area contributed by atoms with E-state index in [2.05, 4.69) is 31.1 Å². The Balaban J connectivity index is 2.44. The Bertz CT molecular complexity index is 461. The summed E-state index contributed by atoms with van der Waals surface area (Å²) in [5.74, 6) is 1.55. The molecule has 0 aliphatic carbocycles. The van der Waals surface area contributed by atoms with Crippen molar-refractivity contribution >= 4 is 27.5 Å². The van der Waals surface area contributed by atoms with Crippen LogP contribution < -0.4 is 0 Å². The molecule has 0 fully saturated rings. The molecule has 1 heterocycles. The molecule has 2 aromatic rings. The second-order valence-electron chi connectivity index (χ2n) is 3.12. The number of nitrogens with zero attached hydrogens (tertiary/aromatic N) is 2. The van der Waals surface area contributed by atoms with Crippen LogP contribution in [0.2, 0.25) is 5.02 Å². The van der Waals surface area contributed by atoms with Gasteiger partial charge in [-0.25, -0.2) is 4.98 Å². The van der Waals surface area contributed by atoms with Crippen LogP contribution in [0.4, 0.5) is 0 Å². The molecule has 78 valence electrons. The lowest BCUT2D eigenvalue weighted by Crippen LogP contribution is -1.83. The van der Waals surface area contributed by atoms with Gasteiger partial charge in [-0.3, -0.25) is 5.10 Å². The summed E-state index contributed by atoms with van der Waals surface area (Å²) in [6.45, 7) is 2.03. The molecule has 3 nitrogen and oxygen atoms in total. The first kappa shape index (κ1) is 10.6. The van der Waals surface area contributed by atoms with Crippen LogP contribution in [0.5, 0.6) is 0 Å². The standard InChI is InChI=1S/C10H9BrClN3/c1-2-9-13-10(15-14-9)6-3-7(11)5-8(12)4-6/h3-5H,2H2,1H3,(H,13,14,15). The van der Waals surface area contributed by atoms with E-state index < -0.39 is 0 Å². The fourth-order valence-corrected chi connectivity index (χ4v) is 2.13. The SMILES string of the molecule is CCc1nc(-c2cc(Cl)cc(Br)c2)n[nH]1. The van der Waals surface area contributed by atoms with Crippen LogP contribution in [-0.4, -0.2) is 15.2 Å². The maximum Gasteiger partial charge on any atom is 0.181 e. The Hall–Kier alpha value is -0.870. The van der Waals surface area contributed by atoms with Gasteiger partial charge in [-0.15, -0.1) is 0 Å². The smallest absolute Gasteiger partial charge is 0.181 e. The number of benzene rings is 1. The van der Waals surface area contributed by atoms with Crippen LogP contribution in [0.15, 0.2) is 22.7 Å². The number of nitrogens with one attached hydrogen (secondary N) is 1. The van der Waals surface area contributed by atoms with Crippen LogP contribution in [0, 0.1) is 0 Å². The van der Waals surface area contributed by atoms with Gasteiger partial charge in [0.2, 0.25) is 0 Å². The normalized spacial score (nSPS) is 10.6. The second kappa shape index (κ2) is 4.33. The number of aromatic amines is 1. The van der Waals surface area contributed by atoms with E-state index in [0.29, 0.717) is 10.8 Å². The predicted octanol–water partition coefficient (Wildman–Crippen LogP) is 3.45. The zero-order chi connectivity index (χ0) is 10.8. The van der Waals surface area contributed by atoms with E-state index >= 15 is 0 Å². The molecule has 0 aliphatic heterocycles. The highest BCUT2D eigenvalue weighted by Gasteiger charge is 2.06. The zero-order valence-electron chi connectivity index (χ0n) is 8.09. The number of halogens is 2. The summed E-state index contributed by atoms with van der Waals surface area (Å²) in [7, 11) is 0. The van der Waals surface area contributed by atoms with Gasteiger partial charge in [0.05, 0.1) is 0 Å². The van der Waals surface area contributed by atoms with Gasteiger partial charge < -0.3 is 0 Å². The molecule has 0 spiro atoms. The van der Waals surface area contributed by atoms with E-state index in [9.17, 15) is 0 Å². The monoisotopic (exact) mass is 285 g/mol. The molecule has 0 atom stereocenters. The number of hydrogen-bond donors (Lipinski definition) is 1. The van der Waals surface area contributed by atoms with Gasteiger partial charge in [-0.05, 0) is 18.2 Å². The molecule has 0 saturated carbocycles. The third kappa shape index (κ3) is 2.38. The minimum absolute atomic E-state index is 0.669. The highest BCUT2D eigenvalue weighted by Crippen LogP contribution is 2.25. The topological polar surface area (TPSA) is 41.6 Å². The van der Waals surface area contributed by atoms with Gasteiger partial charge in [-0.2, -0.15) is 5.10 Å². The number of rotatable bonds is 2. The molecular weight excluding hydrogens is 277 g/mol. The van der Waals surface area contributed by atoms with Crippen molar-refractivity contribution in [3.05, 3.63) is 33.5 Å². The molecule has 0 radical (unpaired) electrons. The molecule has 0 aliphatic rings. The first-order chi connectivity index (χ1) is 7.19. The number of H-pyrrole nitrogens is 1. The van der Waals surface area contributed by atoms with Gasteiger partial charge in [0, 0.05) is 21.5 Å². The lowest BCUT2D eigenvalue weighted by Gasteiger charge is -1.97. The minimum Gasteiger partial charge on any atom is -0.263 e. The number of aromatic nitrogens is 3. The quantitative estimate of drug-likeness (QED) is 0.918. The van der Waals surface area contributed by atoms with Crippen LogP contribution in [0.1, 0.15) is 12.7 Å². The van der Waals surface area contributed by atoms with Gasteiger partial charge in [0.1, 0.15) is 5.82 Å². The molecule has 0 unspecified atom stereocenters. The van der Waals surface area contributed by atoms with E-state index in [1.54, 1.807) is 0 Å². The van der Waals surface area contributed by atoms with E-state index in [-0.39, 0.29) is 0 Å². The van der Waals surface area contributed by atoms with Gasteiger partial charge >= 0.3 is 0 Å². The van der Waals surface area contributed by atoms with Crippen molar-refractivity contribution in [3.63, 3.8) is 0 Å². The highest BCUT2D eigenvalue weighted by atomic mass is 79.9. The Morgan fingerprint density at radius 3 is 2.80 bits per heavy atom. The van der Waals surface area contributed by atoms with Crippen molar-refractivity contribution < 1.29 is 0 Å². The summed E-state index contributed by atoms with van der Waals surface area (Å²) in [6.07, 6.45) is 0.842. The van der Waals surface area contributed by atoms with Crippen LogP contribution >= 0.6 is 27.5 Å². The Labute approximate surface area is 101 Å². The molecule has 15 heavy (non-hydrogen) atoms. The van der Waals surface area contributed by atoms with Gasteiger partial charge in [0.25, 0.3) is 0 Å². The Morgan fingerprint density at radius 2 is 2.20 bits per heavy atom. The van der Waals surface area contributed by atoms with Gasteiger partial charge in [0.15, 0.2) is 5.82 Å². The summed E-state index contributed by atoms with van der Waals surface area (Å²) in [6, 6.07) is 5.61. The zero-order valence-corrected chi connectivity index (χ0v) is 10.4. The Morgan fingerprint density at radius 1 is 1.40 bits per heavy atom. The number of aryl methyl sites for hydroxylation is 1. The third-order valence-corrected chi connectivity index (χ3v) is 2.66. The molecule has 1 aromatic carbocycles. The largest absolute Gasteiger partial charge is 0.263 e. The molecule has 5 heteroatoms. The summed E-state index contributed by atoms with van der Waals surface area (Å²) in [5, 5.41) is 7.67. The van der Waals surface area contributed by atoms with Crippen molar-refractivity contribution in [1.29, 1.82) is 0 Å². The van der Waals surface area contributed by atoms with Crippen molar-refractivity contribution in [2.75, 3.05) is 0 Å². The van der Waals surface area contributed by atoms with E-state index in [1.165, 1.54) is 0 Å². The molecule has 2 rings (SSSR count). The lowest BCUT2D eigenvalue weighted by atomic mass is 10.2. The lowest BCUT2D eigenvalue weighted by molar-refractivity contribution is 0.946. The Kier molecular flexibility index (Phi) is 3.07. The average Bonchev–Trinajstić information content (AvgIpc) is 2.64. The fraction of sp³-hybridized carbons (Fsp3) is 0.200. The first-order valence-electron chi connectivity index (χ1n) is 4.57. The molecule has 0 amide bonds. The van der Waals surface area contributed by atoms with Crippen molar-refractivity contribution in [3.8, 4) is 11.4 Å². The highest BCUT2D eigenvalue weighted by molar-refractivity contribution is 9.10. The van der Waals surface area contributed by atoms with Crippen molar-refractivity contribution in [1.82, 2.24) is 15.2 Å². The van der Waals surface area contributed by atoms with E-state index in [1.807, 2.05) is 25.1 Å². The minimum atomic E-state index is 0.669. The maximum absolute atomic E-state index is 5.94. The second-order valence-corrected chi connectivity index (χ2v) is 4.47. The molecule has 0 saturated heterocycles. The first-order valence-corrected chi connectivity index (χ1v) is 5.74. The van der Waals surface area contributed by atoms with E-state index in [4.69, 9.17) is 11.6 Å².